The number of benzene rings is 1. The zero-order chi connectivity index (χ0) is 10.1. The summed E-state index contributed by atoms with van der Waals surface area (Å²) in [5, 5.41) is 8.51. The molecule has 0 amide bonds. The molecule has 0 fully saturated rings. The van der Waals surface area contributed by atoms with Gasteiger partial charge in [-0.2, -0.15) is 5.26 Å². The summed E-state index contributed by atoms with van der Waals surface area (Å²) in [4.78, 5) is 11.2. The SMILES string of the molecule is N#CCn1c(=O)oc2ccc(N)cc21. The second kappa shape index (κ2) is 2.92. The van der Waals surface area contributed by atoms with Crippen LogP contribution in [0.5, 0.6) is 0 Å². The molecule has 0 aliphatic heterocycles. The van der Waals surface area contributed by atoms with Crippen molar-refractivity contribution in [3.05, 3.63) is 28.7 Å². The number of anilines is 1. The highest BCUT2D eigenvalue weighted by atomic mass is 16.4. The molecule has 2 rings (SSSR count). The maximum atomic E-state index is 11.2. The summed E-state index contributed by atoms with van der Waals surface area (Å²) in [7, 11) is 0. The Morgan fingerprint density at radius 3 is 3.07 bits per heavy atom. The molecule has 70 valence electrons. The van der Waals surface area contributed by atoms with Gasteiger partial charge in [-0.3, -0.25) is 4.57 Å². The topological polar surface area (TPSA) is 85.0 Å². The zero-order valence-corrected chi connectivity index (χ0v) is 7.23. The van der Waals surface area contributed by atoms with Crippen LogP contribution in [0.3, 0.4) is 0 Å². The number of rotatable bonds is 1. The highest BCUT2D eigenvalue weighted by Gasteiger charge is 2.08. The van der Waals surface area contributed by atoms with E-state index in [1.807, 2.05) is 6.07 Å². The average Bonchev–Trinajstić information content (AvgIpc) is 2.45. The Bertz CT molecular complexity index is 574. The Morgan fingerprint density at radius 2 is 2.36 bits per heavy atom. The number of hydrogen-bond donors (Lipinski definition) is 1. The standard InChI is InChI=1S/C9H7N3O2/c10-3-4-12-7-5-6(11)1-2-8(7)14-9(12)13/h1-2,5H,4,11H2. The van der Waals surface area contributed by atoms with Crippen molar-refractivity contribution in [3.8, 4) is 6.07 Å². The molecular weight excluding hydrogens is 182 g/mol. The number of oxazole rings is 1. The van der Waals surface area contributed by atoms with E-state index in [0.717, 1.165) is 0 Å². The minimum Gasteiger partial charge on any atom is -0.408 e. The van der Waals surface area contributed by atoms with Gasteiger partial charge in [0, 0.05) is 5.69 Å². The maximum absolute atomic E-state index is 11.2. The van der Waals surface area contributed by atoms with Gasteiger partial charge in [-0.05, 0) is 18.2 Å². The molecule has 0 spiro atoms. The lowest BCUT2D eigenvalue weighted by Crippen LogP contribution is -2.12. The van der Waals surface area contributed by atoms with Crippen LogP contribution in [-0.4, -0.2) is 4.57 Å². The summed E-state index contributed by atoms with van der Waals surface area (Å²) >= 11 is 0. The van der Waals surface area contributed by atoms with Crippen molar-refractivity contribution >= 4 is 16.8 Å². The van der Waals surface area contributed by atoms with Crippen molar-refractivity contribution in [2.24, 2.45) is 0 Å². The molecule has 0 radical (unpaired) electrons. The van der Waals surface area contributed by atoms with Gasteiger partial charge >= 0.3 is 5.76 Å². The number of nitriles is 1. The first-order valence-electron chi connectivity index (χ1n) is 3.98. The average molecular weight is 189 g/mol. The summed E-state index contributed by atoms with van der Waals surface area (Å²) in [5.41, 5.74) is 7.09. The zero-order valence-electron chi connectivity index (χ0n) is 7.23. The lowest BCUT2D eigenvalue weighted by molar-refractivity contribution is 0.521. The third-order valence-electron chi connectivity index (χ3n) is 1.92. The third-order valence-corrected chi connectivity index (χ3v) is 1.92. The van der Waals surface area contributed by atoms with Crippen LogP contribution in [0.1, 0.15) is 0 Å². The first-order valence-corrected chi connectivity index (χ1v) is 3.98. The molecule has 14 heavy (non-hydrogen) atoms. The predicted molar refractivity (Wildman–Crippen MR) is 50.5 cm³/mol. The van der Waals surface area contributed by atoms with Gasteiger partial charge in [-0.15, -0.1) is 0 Å². The van der Waals surface area contributed by atoms with Crippen LogP contribution in [0.25, 0.3) is 11.1 Å². The van der Waals surface area contributed by atoms with Crippen molar-refractivity contribution in [1.82, 2.24) is 4.57 Å². The molecule has 2 N–H and O–H groups in total. The van der Waals surface area contributed by atoms with E-state index in [4.69, 9.17) is 15.4 Å². The molecule has 5 heteroatoms. The molecule has 0 unspecified atom stereocenters. The molecule has 0 saturated heterocycles. The van der Waals surface area contributed by atoms with Gasteiger partial charge in [-0.25, -0.2) is 4.79 Å². The molecule has 0 bridgehead atoms. The molecule has 0 aliphatic carbocycles. The van der Waals surface area contributed by atoms with Gasteiger partial charge in [0.2, 0.25) is 0 Å². The molecule has 1 heterocycles. The van der Waals surface area contributed by atoms with Crippen LogP contribution in [-0.2, 0) is 6.54 Å². The predicted octanol–water partition coefficient (Wildman–Crippen LogP) is 0.700. The smallest absolute Gasteiger partial charge is 0.408 e. The van der Waals surface area contributed by atoms with Crippen LogP contribution in [0.2, 0.25) is 0 Å². The van der Waals surface area contributed by atoms with Gasteiger partial charge < -0.3 is 10.2 Å². The van der Waals surface area contributed by atoms with Gasteiger partial charge in [0.05, 0.1) is 11.6 Å². The van der Waals surface area contributed by atoms with Crippen LogP contribution in [0, 0.1) is 11.3 Å². The Morgan fingerprint density at radius 1 is 1.57 bits per heavy atom. The van der Waals surface area contributed by atoms with E-state index in [2.05, 4.69) is 0 Å². The third kappa shape index (κ3) is 1.13. The molecule has 5 nitrogen and oxygen atoms in total. The quantitative estimate of drug-likeness (QED) is 0.669. The van der Waals surface area contributed by atoms with Crippen LogP contribution in [0.4, 0.5) is 5.69 Å². The maximum Gasteiger partial charge on any atom is 0.420 e. The minimum atomic E-state index is -0.535. The largest absolute Gasteiger partial charge is 0.420 e. The number of aromatic nitrogens is 1. The summed E-state index contributed by atoms with van der Waals surface area (Å²) < 4.78 is 6.15. The summed E-state index contributed by atoms with van der Waals surface area (Å²) in [6.07, 6.45) is 0. The van der Waals surface area contributed by atoms with E-state index in [1.54, 1.807) is 18.2 Å². The highest BCUT2D eigenvalue weighted by molar-refractivity contribution is 5.77. The van der Waals surface area contributed by atoms with Gasteiger partial charge in [0.25, 0.3) is 0 Å². The summed E-state index contributed by atoms with van der Waals surface area (Å²) in [5.74, 6) is -0.535. The Kier molecular flexibility index (Phi) is 1.75. The van der Waals surface area contributed by atoms with Crippen molar-refractivity contribution in [3.63, 3.8) is 0 Å². The highest BCUT2D eigenvalue weighted by Crippen LogP contribution is 2.15. The minimum absolute atomic E-state index is 0.0325. The van der Waals surface area contributed by atoms with E-state index in [0.29, 0.717) is 16.8 Å². The molecule has 1 aromatic heterocycles. The van der Waals surface area contributed by atoms with Crippen molar-refractivity contribution in [2.45, 2.75) is 6.54 Å². The first-order chi connectivity index (χ1) is 6.72. The van der Waals surface area contributed by atoms with Gasteiger partial charge in [-0.1, -0.05) is 0 Å². The monoisotopic (exact) mass is 189 g/mol. The normalized spacial score (nSPS) is 10.2. The molecule has 2 aromatic rings. The van der Waals surface area contributed by atoms with Crippen LogP contribution < -0.4 is 11.5 Å². The fourth-order valence-electron chi connectivity index (χ4n) is 1.30. The second-order valence-electron chi connectivity index (χ2n) is 2.84. The van der Waals surface area contributed by atoms with Crippen molar-refractivity contribution in [2.75, 3.05) is 5.73 Å². The van der Waals surface area contributed by atoms with E-state index in [-0.39, 0.29) is 6.54 Å². The Labute approximate surface area is 79.0 Å². The first kappa shape index (κ1) is 8.38. The lowest BCUT2D eigenvalue weighted by Gasteiger charge is -1.95. The Balaban J connectivity index is 2.81. The summed E-state index contributed by atoms with van der Waals surface area (Å²) in [6, 6.07) is 6.75. The van der Waals surface area contributed by atoms with E-state index in [1.165, 1.54) is 4.57 Å². The molecular formula is C9H7N3O2. The summed E-state index contributed by atoms with van der Waals surface area (Å²) in [6.45, 7) is -0.0325. The molecule has 0 aliphatic rings. The van der Waals surface area contributed by atoms with E-state index < -0.39 is 5.76 Å². The van der Waals surface area contributed by atoms with E-state index >= 15 is 0 Å². The van der Waals surface area contributed by atoms with E-state index in [9.17, 15) is 4.79 Å². The fraction of sp³-hybridized carbons (Fsp3) is 0.111. The second-order valence-corrected chi connectivity index (χ2v) is 2.84. The van der Waals surface area contributed by atoms with Crippen molar-refractivity contribution < 1.29 is 4.42 Å². The van der Waals surface area contributed by atoms with Gasteiger partial charge in [0.15, 0.2) is 5.58 Å². The lowest BCUT2D eigenvalue weighted by atomic mass is 10.3. The molecule has 0 atom stereocenters. The fourth-order valence-corrected chi connectivity index (χ4v) is 1.30. The van der Waals surface area contributed by atoms with Crippen LogP contribution in [0.15, 0.2) is 27.4 Å². The molecule has 0 saturated carbocycles. The van der Waals surface area contributed by atoms with Gasteiger partial charge in [0.1, 0.15) is 6.54 Å². The van der Waals surface area contributed by atoms with Crippen LogP contribution >= 0.6 is 0 Å². The Hall–Kier alpha value is -2.22. The number of nitrogens with zero attached hydrogens (tertiary/aromatic N) is 2. The number of hydrogen-bond acceptors (Lipinski definition) is 4. The number of nitrogen functional groups attached to an aromatic ring is 1. The molecule has 1 aromatic carbocycles. The number of fused-ring (bicyclic) bond motifs is 1. The number of nitrogens with two attached hydrogens (primary N) is 1. The van der Waals surface area contributed by atoms with Crippen molar-refractivity contribution in [1.29, 1.82) is 5.26 Å².